The molecule has 1 aliphatic rings. The van der Waals surface area contributed by atoms with Crippen molar-refractivity contribution in [2.24, 2.45) is 0 Å². The van der Waals surface area contributed by atoms with E-state index in [4.69, 9.17) is 10.5 Å². The van der Waals surface area contributed by atoms with Crippen molar-refractivity contribution in [1.29, 1.82) is 0 Å². The van der Waals surface area contributed by atoms with Crippen LogP contribution in [0.15, 0.2) is 72.8 Å². The Hall–Kier alpha value is -4.08. The van der Waals surface area contributed by atoms with Gasteiger partial charge >= 0.3 is 6.09 Å². The highest BCUT2D eigenvalue weighted by molar-refractivity contribution is 7.15. The zero-order valence-corrected chi connectivity index (χ0v) is 20.2. The number of benzene rings is 3. The maximum atomic E-state index is 12.3. The molecule has 6 heteroatoms. The molecule has 0 spiro atoms. The SMILES string of the molecule is Cc1sc(N)nc1-c1ccc(C#CCCNC(=O)OCC2c3ccccc3-c3ccccc32)cc1. The van der Waals surface area contributed by atoms with Gasteiger partial charge in [-0.3, -0.25) is 0 Å². The molecule has 0 bridgehead atoms. The number of aryl methyl sites for hydroxylation is 1. The third-order valence-electron chi connectivity index (χ3n) is 6.07. The van der Waals surface area contributed by atoms with Crippen LogP contribution in [0, 0.1) is 18.8 Å². The molecular formula is C29H25N3O2S. The van der Waals surface area contributed by atoms with Crippen molar-refractivity contribution < 1.29 is 9.53 Å². The minimum absolute atomic E-state index is 0.0559. The number of aromatic nitrogens is 1. The first kappa shape index (κ1) is 22.7. The van der Waals surface area contributed by atoms with E-state index in [0.29, 0.717) is 24.7 Å². The number of carbonyl (C=O) groups excluding carboxylic acids is 1. The molecule has 0 aliphatic heterocycles. The number of carbonyl (C=O) groups is 1. The molecule has 1 amide bonds. The maximum Gasteiger partial charge on any atom is 0.407 e. The second-order valence-corrected chi connectivity index (χ2v) is 9.57. The number of amides is 1. The Kier molecular flexibility index (Phi) is 6.51. The van der Waals surface area contributed by atoms with Crippen molar-refractivity contribution in [2.45, 2.75) is 19.3 Å². The number of nitrogens with two attached hydrogens (primary N) is 1. The number of hydrogen-bond acceptors (Lipinski definition) is 5. The normalized spacial score (nSPS) is 11.8. The molecule has 35 heavy (non-hydrogen) atoms. The lowest BCUT2D eigenvalue weighted by atomic mass is 9.98. The highest BCUT2D eigenvalue weighted by atomic mass is 32.1. The Bertz CT molecular complexity index is 1380. The summed E-state index contributed by atoms with van der Waals surface area (Å²) in [5.74, 6) is 6.29. The van der Waals surface area contributed by atoms with E-state index < -0.39 is 6.09 Å². The molecule has 0 fully saturated rings. The van der Waals surface area contributed by atoms with E-state index in [0.717, 1.165) is 21.7 Å². The number of ether oxygens (including phenoxy) is 1. The molecule has 5 nitrogen and oxygen atoms in total. The summed E-state index contributed by atoms with van der Waals surface area (Å²) < 4.78 is 5.56. The molecule has 0 saturated heterocycles. The fraction of sp³-hybridized carbons (Fsp3) is 0.172. The van der Waals surface area contributed by atoms with E-state index >= 15 is 0 Å². The average Bonchev–Trinajstić information content (AvgIpc) is 3.39. The second-order valence-electron chi connectivity index (χ2n) is 8.34. The first-order valence-electron chi connectivity index (χ1n) is 11.5. The Labute approximate surface area is 209 Å². The number of nitrogens with zero attached hydrogens (tertiary/aromatic N) is 1. The van der Waals surface area contributed by atoms with Crippen LogP contribution >= 0.6 is 11.3 Å². The van der Waals surface area contributed by atoms with Gasteiger partial charge in [0, 0.05) is 34.9 Å². The number of nitrogen functional groups attached to an aromatic ring is 1. The lowest BCUT2D eigenvalue weighted by Crippen LogP contribution is -2.26. The monoisotopic (exact) mass is 479 g/mol. The summed E-state index contributed by atoms with van der Waals surface area (Å²) in [6, 6.07) is 24.5. The molecule has 0 atom stereocenters. The molecule has 3 N–H and O–H groups in total. The summed E-state index contributed by atoms with van der Waals surface area (Å²) in [5.41, 5.74) is 13.5. The first-order chi connectivity index (χ1) is 17.1. The van der Waals surface area contributed by atoms with E-state index in [1.165, 1.54) is 33.6 Å². The summed E-state index contributed by atoms with van der Waals surface area (Å²) >= 11 is 1.49. The molecule has 0 saturated carbocycles. The topological polar surface area (TPSA) is 77.2 Å². The van der Waals surface area contributed by atoms with Gasteiger partial charge in [-0.25, -0.2) is 9.78 Å². The lowest BCUT2D eigenvalue weighted by Gasteiger charge is -2.14. The summed E-state index contributed by atoms with van der Waals surface area (Å²) in [5, 5.41) is 3.37. The Morgan fingerprint density at radius 1 is 1.03 bits per heavy atom. The van der Waals surface area contributed by atoms with Gasteiger partial charge in [-0.2, -0.15) is 0 Å². The number of anilines is 1. The van der Waals surface area contributed by atoms with Crippen LogP contribution in [-0.2, 0) is 4.74 Å². The van der Waals surface area contributed by atoms with Crippen molar-refractivity contribution in [2.75, 3.05) is 18.9 Å². The van der Waals surface area contributed by atoms with Crippen molar-refractivity contribution in [3.05, 3.63) is 94.4 Å². The van der Waals surface area contributed by atoms with Gasteiger partial charge in [-0.05, 0) is 41.3 Å². The third-order valence-corrected chi connectivity index (χ3v) is 6.87. The molecule has 5 rings (SSSR count). The lowest BCUT2D eigenvalue weighted by molar-refractivity contribution is 0.143. The highest BCUT2D eigenvalue weighted by Gasteiger charge is 2.28. The smallest absolute Gasteiger partial charge is 0.407 e. The number of alkyl carbamates (subject to hydrolysis) is 1. The molecule has 3 aromatic carbocycles. The zero-order chi connectivity index (χ0) is 24.2. The van der Waals surface area contributed by atoms with E-state index in [2.05, 4.69) is 46.4 Å². The van der Waals surface area contributed by atoms with Crippen LogP contribution < -0.4 is 11.1 Å². The predicted octanol–water partition coefficient (Wildman–Crippen LogP) is 5.98. The van der Waals surface area contributed by atoms with Crippen LogP contribution in [0.25, 0.3) is 22.4 Å². The fourth-order valence-corrected chi connectivity index (χ4v) is 5.15. The standard InChI is InChI=1S/C29H25N3O2S/c1-19-27(32-28(30)35-19)21-15-13-20(14-16-21)8-6-7-17-31-29(33)34-18-26-24-11-4-2-9-22(24)23-10-3-5-12-25(23)26/h2-5,9-16,26H,7,17-18H2,1H3,(H2,30,32)(H,31,33). The number of fused-ring (bicyclic) bond motifs is 3. The van der Waals surface area contributed by atoms with Gasteiger partial charge in [-0.1, -0.05) is 72.5 Å². The Morgan fingerprint density at radius 2 is 1.69 bits per heavy atom. The molecule has 1 aliphatic carbocycles. The van der Waals surface area contributed by atoms with Crippen LogP contribution in [0.4, 0.5) is 9.93 Å². The molecular weight excluding hydrogens is 454 g/mol. The van der Waals surface area contributed by atoms with Crippen LogP contribution in [-0.4, -0.2) is 24.2 Å². The van der Waals surface area contributed by atoms with Crippen LogP contribution in [0.1, 0.15) is 33.9 Å². The molecule has 174 valence electrons. The first-order valence-corrected chi connectivity index (χ1v) is 12.3. The summed E-state index contributed by atoms with van der Waals surface area (Å²) in [6.07, 6.45) is 0.115. The third kappa shape index (κ3) is 4.91. The van der Waals surface area contributed by atoms with Crippen molar-refractivity contribution in [3.63, 3.8) is 0 Å². The van der Waals surface area contributed by atoms with Crippen molar-refractivity contribution in [1.82, 2.24) is 10.3 Å². The van der Waals surface area contributed by atoms with Crippen molar-refractivity contribution >= 4 is 22.6 Å². The van der Waals surface area contributed by atoms with Gasteiger partial charge in [0.25, 0.3) is 0 Å². The van der Waals surface area contributed by atoms with E-state index in [9.17, 15) is 4.79 Å². The number of thiazole rings is 1. The second kappa shape index (κ2) is 10.0. The van der Waals surface area contributed by atoms with Crippen LogP contribution in [0.3, 0.4) is 0 Å². The maximum absolute atomic E-state index is 12.3. The average molecular weight is 480 g/mol. The number of nitrogens with one attached hydrogen (secondary N) is 1. The highest BCUT2D eigenvalue weighted by Crippen LogP contribution is 2.44. The minimum Gasteiger partial charge on any atom is -0.449 e. The van der Waals surface area contributed by atoms with Gasteiger partial charge in [0.1, 0.15) is 6.61 Å². The quantitative estimate of drug-likeness (QED) is 0.273. The van der Waals surface area contributed by atoms with Crippen LogP contribution in [0.5, 0.6) is 0 Å². The number of rotatable bonds is 5. The minimum atomic E-state index is -0.420. The van der Waals surface area contributed by atoms with Gasteiger partial charge in [0.15, 0.2) is 5.13 Å². The van der Waals surface area contributed by atoms with E-state index in [-0.39, 0.29) is 5.92 Å². The Morgan fingerprint density at radius 3 is 2.31 bits per heavy atom. The summed E-state index contributed by atoms with van der Waals surface area (Å²) in [7, 11) is 0. The van der Waals surface area contributed by atoms with E-state index in [1.807, 2.05) is 55.5 Å². The van der Waals surface area contributed by atoms with Crippen molar-refractivity contribution in [3.8, 4) is 34.2 Å². The van der Waals surface area contributed by atoms with Gasteiger partial charge in [0.05, 0.1) is 5.69 Å². The molecule has 1 heterocycles. The number of hydrogen-bond donors (Lipinski definition) is 2. The fourth-order valence-electron chi connectivity index (χ4n) is 4.44. The molecule has 4 aromatic rings. The van der Waals surface area contributed by atoms with Gasteiger partial charge in [-0.15, -0.1) is 11.3 Å². The predicted molar refractivity (Wildman–Crippen MR) is 141 cm³/mol. The largest absolute Gasteiger partial charge is 0.449 e. The van der Waals surface area contributed by atoms with Gasteiger partial charge < -0.3 is 15.8 Å². The van der Waals surface area contributed by atoms with Gasteiger partial charge in [0.2, 0.25) is 0 Å². The molecule has 0 unspecified atom stereocenters. The van der Waals surface area contributed by atoms with E-state index in [1.54, 1.807) is 0 Å². The molecule has 1 aromatic heterocycles. The van der Waals surface area contributed by atoms with Crippen LogP contribution in [0.2, 0.25) is 0 Å². The zero-order valence-electron chi connectivity index (χ0n) is 19.4. The summed E-state index contributed by atoms with van der Waals surface area (Å²) in [6.45, 7) is 2.75. The Balaban J connectivity index is 1.10. The summed E-state index contributed by atoms with van der Waals surface area (Å²) in [4.78, 5) is 17.7. The molecule has 0 radical (unpaired) electrons.